The fourth-order valence-corrected chi connectivity index (χ4v) is 7.81. The van der Waals surface area contributed by atoms with E-state index in [1.807, 2.05) is 66.5 Å². The molecular weight excluding hydrogens is 489 g/mol. The highest BCUT2D eigenvalue weighted by molar-refractivity contribution is 7.98. The second kappa shape index (κ2) is 12.8. The molecule has 0 aromatic heterocycles. The third-order valence-electron chi connectivity index (χ3n) is 5.59. The van der Waals surface area contributed by atoms with E-state index in [1.54, 1.807) is 31.2 Å². The van der Waals surface area contributed by atoms with Crippen LogP contribution in [0.3, 0.4) is 0 Å². The van der Waals surface area contributed by atoms with Crippen molar-refractivity contribution in [2.24, 2.45) is 0 Å². The zero-order valence-electron chi connectivity index (χ0n) is 19.9. The molecule has 4 aromatic rings. The molecule has 4 nitrogen and oxygen atoms in total. The first-order valence-electron chi connectivity index (χ1n) is 11.5. The topological polar surface area (TPSA) is 55.4 Å². The van der Waals surface area contributed by atoms with Gasteiger partial charge in [0, 0.05) is 5.56 Å². The lowest BCUT2D eigenvalue weighted by molar-refractivity contribution is -0.138. The Morgan fingerprint density at radius 2 is 1.08 bits per heavy atom. The maximum Gasteiger partial charge on any atom is 0.358 e. The molecule has 182 valence electrons. The Morgan fingerprint density at radius 3 is 1.47 bits per heavy atom. The van der Waals surface area contributed by atoms with Crippen molar-refractivity contribution in [3.63, 3.8) is 0 Å². The summed E-state index contributed by atoms with van der Waals surface area (Å²) in [4.78, 5) is 26.3. The maximum absolute atomic E-state index is 13.2. The molecule has 6 heteroatoms. The summed E-state index contributed by atoms with van der Waals surface area (Å²) in [5, 5.41) is 6.05. The van der Waals surface area contributed by atoms with E-state index in [2.05, 4.69) is 41.7 Å². The van der Waals surface area contributed by atoms with Crippen molar-refractivity contribution < 1.29 is 26.7 Å². The summed E-state index contributed by atoms with van der Waals surface area (Å²) in [6.07, 6.45) is 0. The van der Waals surface area contributed by atoms with Gasteiger partial charge < -0.3 is 22.5 Å². The molecule has 0 saturated heterocycles. The molecule has 36 heavy (non-hydrogen) atoms. The van der Waals surface area contributed by atoms with Crippen molar-refractivity contribution in [3.8, 4) is 0 Å². The second-order valence-electron chi connectivity index (χ2n) is 7.81. The SMILES string of the molecule is CCOC(=O)C(=C[P+](c1ccccc1)(c1ccccc1)c1ccccc1)NC(=O)c1ccccc1.[Cl-]. The third kappa shape index (κ3) is 5.91. The lowest BCUT2D eigenvalue weighted by Gasteiger charge is -2.25. The minimum absolute atomic E-state index is 0. The van der Waals surface area contributed by atoms with E-state index >= 15 is 0 Å². The number of hydrogen-bond acceptors (Lipinski definition) is 3. The third-order valence-corrected chi connectivity index (χ3v) is 9.58. The number of halogens is 1. The summed E-state index contributed by atoms with van der Waals surface area (Å²) >= 11 is 0. The normalized spacial score (nSPS) is 11.2. The first kappa shape index (κ1) is 26.9. The lowest BCUT2D eigenvalue weighted by atomic mass is 10.2. The van der Waals surface area contributed by atoms with E-state index in [-0.39, 0.29) is 30.6 Å². The van der Waals surface area contributed by atoms with Crippen LogP contribution in [0.2, 0.25) is 0 Å². The number of amides is 1. The predicted molar refractivity (Wildman–Crippen MR) is 144 cm³/mol. The van der Waals surface area contributed by atoms with E-state index in [1.165, 1.54) is 0 Å². The van der Waals surface area contributed by atoms with Crippen LogP contribution in [-0.2, 0) is 9.53 Å². The summed E-state index contributed by atoms with van der Waals surface area (Å²) in [7, 11) is -2.51. The van der Waals surface area contributed by atoms with Gasteiger partial charge in [-0.1, -0.05) is 72.8 Å². The van der Waals surface area contributed by atoms with Crippen LogP contribution >= 0.6 is 7.26 Å². The van der Waals surface area contributed by atoms with Crippen LogP contribution in [0.1, 0.15) is 17.3 Å². The van der Waals surface area contributed by atoms with Crippen LogP contribution < -0.4 is 33.6 Å². The molecule has 4 rings (SSSR count). The molecule has 0 fully saturated rings. The highest BCUT2D eigenvalue weighted by Gasteiger charge is 2.45. The van der Waals surface area contributed by atoms with Crippen LogP contribution in [0, 0.1) is 0 Å². The van der Waals surface area contributed by atoms with Gasteiger partial charge in [0.1, 0.15) is 29.0 Å². The Bertz CT molecular complexity index is 1200. The summed E-state index contributed by atoms with van der Waals surface area (Å²) < 4.78 is 5.39. The Balaban J connectivity index is 0.00000361. The molecule has 0 aliphatic rings. The standard InChI is InChI=1S/C30H26NO3P.ClH/c1-2-34-30(33)28(31-29(32)24-15-7-3-8-16-24)23-35(25-17-9-4-10-18-25,26-19-11-5-12-20-26)27-21-13-6-14-22-27;/h3-23H,2H2,1H3;1H. The molecule has 4 aromatic carbocycles. The van der Waals surface area contributed by atoms with Crippen LogP contribution in [0.25, 0.3) is 0 Å². The first-order chi connectivity index (χ1) is 17.1. The van der Waals surface area contributed by atoms with Gasteiger partial charge >= 0.3 is 5.97 Å². The van der Waals surface area contributed by atoms with Crippen molar-refractivity contribution in [2.45, 2.75) is 6.92 Å². The minimum atomic E-state index is -2.51. The molecule has 0 atom stereocenters. The summed E-state index contributed by atoms with van der Waals surface area (Å²) in [5.74, 6) is 0.993. The van der Waals surface area contributed by atoms with E-state index in [9.17, 15) is 9.59 Å². The largest absolute Gasteiger partial charge is 1.00 e. The molecule has 0 heterocycles. The summed E-state index contributed by atoms with van der Waals surface area (Å²) in [6, 6.07) is 39.2. The van der Waals surface area contributed by atoms with Gasteiger partial charge in [0.2, 0.25) is 0 Å². The number of carbonyl (C=O) groups excluding carboxylic acids is 2. The number of benzene rings is 4. The average molecular weight is 516 g/mol. The molecule has 0 saturated carbocycles. The Labute approximate surface area is 218 Å². The van der Waals surface area contributed by atoms with E-state index in [4.69, 9.17) is 4.74 Å². The molecule has 0 aliphatic carbocycles. The molecule has 0 radical (unpaired) electrons. The van der Waals surface area contributed by atoms with E-state index < -0.39 is 13.2 Å². The highest BCUT2D eigenvalue weighted by Crippen LogP contribution is 2.57. The number of esters is 1. The second-order valence-corrected chi connectivity index (χ2v) is 11.1. The monoisotopic (exact) mass is 515 g/mol. The van der Waals surface area contributed by atoms with Crippen LogP contribution in [0.4, 0.5) is 0 Å². The summed E-state index contributed by atoms with van der Waals surface area (Å²) in [6.45, 7) is 1.95. The molecule has 0 spiro atoms. The van der Waals surface area contributed by atoms with Gasteiger partial charge in [0.15, 0.2) is 5.70 Å². The van der Waals surface area contributed by atoms with Crippen molar-refractivity contribution in [1.29, 1.82) is 0 Å². The van der Waals surface area contributed by atoms with Gasteiger partial charge in [-0.2, -0.15) is 0 Å². The maximum atomic E-state index is 13.2. The van der Waals surface area contributed by atoms with Gasteiger partial charge in [-0.05, 0) is 55.5 Å². The van der Waals surface area contributed by atoms with Crippen molar-refractivity contribution in [1.82, 2.24) is 5.32 Å². The highest BCUT2D eigenvalue weighted by atomic mass is 35.5. The number of rotatable bonds is 8. The Morgan fingerprint density at radius 1 is 0.694 bits per heavy atom. The Hall–Kier alpha value is -3.72. The lowest BCUT2D eigenvalue weighted by Crippen LogP contribution is -3.00. The number of hydrogen-bond donors (Lipinski definition) is 1. The molecule has 1 amide bonds. The molecule has 0 aliphatic heterocycles. The zero-order chi connectivity index (χ0) is 24.5. The predicted octanol–water partition coefficient (Wildman–Crippen LogP) is 1.82. The van der Waals surface area contributed by atoms with Crippen LogP contribution in [0.5, 0.6) is 0 Å². The van der Waals surface area contributed by atoms with Crippen molar-refractivity contribution in [3.05, 3.63) is 138 Å². The zero-order valence-corrected chi connectivity index (χ0v) is 21.5. The van der Waals surface area contributed by atoms with Crippen molar-refractivity contribution in [2.75, 3.05) is 6.61 Å². The fraction of sp³-hybridized carbons (Fsp3) is 0.0667. The molecular formula is C30H27ClNO3P. The number of ether oxygens (including phenoxy) is 1. The van der Waals surface area contributed by atoms with Crippen LogP contribution in [0.15, 0.2) is 133 Å². The van der Waals surface area contributed by atoms with Crippen molar-refractivity contribution >= 4 is 35.1 Å². The van der Waals surface area contributed by atoms with Crippen LogP contribution in [-0.4, -0.2) is 18.5 Å². The fourth-order valence-electron chi connectivity index (χ4n) is 3.98. The Kier molecular flexibility index (Phi) is 9.58. The van der Waals surface area contributed by atoms with Gasteiger partial charge in [0.05, 0.1) is 6.61 Å². The molecule has 1 N–H and O–H groups in total. The molecule has 0 unspecified atom stereocenters. The quantitative estimate of drug-likeness (QED) is 0.221. The number of carbonyl (C=O) groups is 2. The van der Waals surface area contributed by atoms with Gasteiger partial charge in [-0.15, -0.1) is 0 Å². The first-order valence-corrected chi connectivity index (χ1v) is 13.3. The van der Waals surface area contributed by atoms with Gasteiger partial charge in [0.25, 0.3) is 5.91 Å². The summed E-state index contributed by atoms with van der Waals surface area (Å²) in [5.41, 5.74) is 0.594. The number of nitrogens with one attached hydrogen (secondary N) is 1. The minimum Gasteiger partial charge on any atom is -1.00 e. The van der Waals surface area contributed by atoms with Gasteiger partial charge in [-0.25, -0.2) is 4.79 Å². The van der Waals surface area contributed by atoms with E-state index in [0.717, 1.165) is 15.9 Å². The average Bonchev–Trinajstić information content (AvgIpc) is 2.93. The van der Waals surface area contributed by atoms with Gasteiger partial charge in [-0.3, -0.25) is 4.79 Å². The van der Waals surface area contributed by atoms with E-state index in [0.29, 0.717) is 5.56 Å². The molecule has 0 bridgehead atoms. The smallest absolute Gasteiger partial charge is 0.358 e.